The quantitative estimate of drug-likeness (QED) is 0.912. The van der Waals surface area contributed by atoms with E-state index in [0.717, 1.165) is 0 Å². The van der Waals surface area contributed by atoms with Crippen LogP contribution in [0, 0.1) is 5.82 Å². The van der Waals surface area contributed by atoms with Crippen molar-refractivity contribution in [2.24, 2.45) is 0 Å². The van der Waals surface area contributed by atoms with Crippen LogP contribution in [0.25, 0.3) is 0 Å². The van der Waals surface area contributed by atoms with Crippen LogP contribution in [-0.2, 0) is 4.79 Å². The summed E-state index contributed by atoms with van der Waals surface area (Å²) in [6.07, 6.45) is 0. The maximum absolute atomic E-state index is 14.0. The minimum absolute atomic E-state index is 0.303. The van der Waals surface area contributed by atoms with E-state index in [2.05, 4.69) is 0 Å². The highest BCUT2D eigenvalue weighted by atomic mass is 19.1. The van der Waals surface area contributed by atoms with Crippen LogP contribution in [0.5, 0.6) is 5.75 Å². The Bertz CT molecular complexity index is 520. The number of aliphatic hydroxyl groups is 1. The van der Waals surface area contributed by atoms with Crippen LogP contribution in [0.15, 0.2) is 18.2 Å². The number of para-hydroxylation sites is 1. The van der Waals surface area contributed by atoms with Crippen LogP contribution in [-0.4, -0.2) is 54.8 Å². The highest BCUT2D eigenvalue weighted by Crippen LogP contribution is 2.31. The maximum atomic E-state index is 14.0. The summed E-state index contributed by atoms with van der Waals surface area (Å²) in [7, 11) is 1.51. The van der Waals surface area contributed by atoms with Gasteiger partial charge in [-0.15, -0.1) is 0 Å². The van der Waals surface area contributed by atoms with Crippen LogP contribution < -0.4 is 9.64 Å². The summed E-state index contributed by atoms with van der Waals surface area (Å²) in [6, 6.07) is 4.71. The molecule has 1 aromatic rings. The SMILES string of the molecule is COc1cccc(F)c1N1CCN(C(=O)C(C)(C)O)CC1. The van der Waals surface area contributed by atoms with Gasteiger partial charge in [0.2, 0.25) is 0 Å². The van der Waals surface area contributed by atoms with Crippen molar-refractivity contribution in [1.29, 1.82) is 0 Å². The molecule has 0 aliphatic carbocycles. The zero-order chi connectivity index (χ0) is 15.6. The highest BCUT2D eigenvalue weighted by molar-refractivity contribution is 5.84. The van der Waals surface area contributed by atoms with Crippen LogP contribution >= 0.6 is 0 Å². The molecule has 0 aromatic heterocycles. The molecule has 1 amide bonds. The smallest absolute Gasteiger partial charge is 0.254 e. The molecule has 1 heterocycles. The second kappa shape index (κ2) is 5.89. The lowest BCUT2D eigenvalue weighted by Crippen LogP contribution is -2.54. The Kier molecular flexibility index (Phi) is 4.37. The van der Waals surface area contributed by atoms with Gasteiger partial charge in [0.05, 0.1) is 7.11 Å². The Morgan fingerprint density at radius 1 is 1.29 bits per heavy atom. The molecule has 1 aliphatic rings. The largest absolute Gasteiger partial charge is 0.494 e. The van der Waals surface area contributed by atoms with Crippen molar-refractivity contribution in [2.45, 2.75) is 19.4 Å². The lowest BCUT2D eigenvalue weighted by molar-refractivity contribution is -0.148. The minimum atomic E-state index is -1.38. The molecule has 0 atom stereocenters. The van der Waals surface area contributed by atoms with E-state index in [0.29, 0.717) is 37.6 Å². The van der Waals surface area contributed by atoms with Gasteiger partial charge in [-0.25, -0.2) is 4.39 Å². The third kappa shape index (κ3) is 3.26. The van der Waals surface area contributed by atoms with E-state index in [1.807, 2.05) is 4.90 Å². The third-order valence-corrected chi connectivity index (χ3v) is 3.58. The molecule has 0 spiro atoms. The van der Waals surface area contributed by atoms with E-state index in [1.54, 1.807) is 17.0 Å². The molecule has 116 valence electrons. The molecule has 0 bridgehead atoms. The molecule has 6 heteroatoms. The molecular weight excluding hydrogens is 275 g/mol. The van der Waals surface area contributed by atoms with Crippen molar-refractivity contribution in [3.05, 3.63) is 24.0 Å². The fraction of sp³-hybridized carbons (Fsp3) is 0.533. The first-order valence-electron chi connectivity index (χ1n) is 6.94. The number of carbonyl (C=O) groups excluding carboxylic acids is 1. The van der Waals surface area contributed by atoms with E-state index in [9.17, 15) is 14.3 Å². The molecule has 1 saturated heterocycles. The summed E-state index contributed by atoms with van der Waals surface area (Å²) < 4.78 is 19.2. The van der Waals surface area contributed by atoms with Gasteiger partial charge >= 0.3 is 0 Å². The molecule has 1 fully saturated rings. The van der Waals surface area contributed by atoms with Crippen molar-refractivity contribution in [2.75, 3.05) is 38.2 Å². The lowest BCUT2D eigenvalue weighted by Gasteiger charge is -2.38. The van der Waals surface area contributed by atoms with Crippen LogP contribution in [0.3, 0.4) is 0 Å². The molecule has 5 nitrogen and oxygen atoms in total. The average molecular weight is 296 g/mol. The zero-order valence-electron chi connectivity index (χ0n) is 12.6. The number of ether oxygens (including phenoxy) is 1. The van der Waals surface area contributed by atoms with E-state index >= 15 is 0 Å². The van der Waals surface area contributed by atoms with Gasteiger partial charge in [0.25, 0.3) is 5.91 Å². The Balaban J connectivity index is 2.10. The normalized spacial score (nSPS) is 16.0. The van der Waals surface area contributed by atoms with Gasteiger partial charge in [0.15, 0.2) is 0 Å². The van der Waals surface area contributed by atoms with Crippen LogP contribution in [0.4, 0.5) is 10.1 Å². The van der Waals surface area contributed by atoms with E-state index < -0.39 is 5.60 Å². The predicted octanol–water partition coefficient (Wildman–Crippen LogP) is 1.25. The van der Waals surface area contributed by atoms with Gasteiger partial charge in [-0.3, -0.25) is 4.79 Å². The molecule has 2 rings (SSSR count). The number of piperazine rings is 1. The van der Waals surface area contributed by atoms with Gasteiger partial charge < -0.3 is 19.6 Å². The molecule has 0 unspecified atom stereocenters. The topological polar surface area (TPSA) is 53.0 Å². The average Bonchev–Trinajstić information content (AvgIpc) is 2.45. The number of anilines is 1. The second-order valence-corrected chi connectivity index (χ2v) is 5.63. The Hall–Kier alpha value is -1.82. The van der Waals surface area contributed by atoms with Crippen LogP contribution in [0.1, 0.15) is 13.8 Å². The Labute approximate surface area is 123 Å². The first-order valence-corrected chi connectivity index (χ1v) is 6.94. The Morgan fingerprint density at radius 3 is 2.43 bits per heavy atom. The van der Waals surface area contributed by atoms with Gasteiger partial charge in [-0.05, 0) is 26.0 Å². The molecule has 1 aliphatic heterocycles. The van der Waals surface area contributed by atoms with Crippen molar-refractivity contribution < 1.29 is 19.0 Å². The maximum Gasteiger partial charge on any atom is 0.254 e. The predicted molar refractivity (Wildman–Crippen MR) is 78.0 cm³/mol. The standard InChI is InChI=1S/C15H21FN2O3/c1-15(2,20)14(19)18-9-7-17(8-10-18)13-11(16)5-4-6-12(13)21-3/h4-6,20H,7-10H2,1-3H3. The molecule has 1 aromatic carbocycles. The highest BCUT2D eigenvalue weighted by Gasteiger charge is 2.32. The number of benzene rings is 1. The van der Waals surface area contributed by atoms with Gasteiger partial charge in [0, 0.05) is 26.2 Å². The van der Waals surface area contributed by atoms with E-state index in [1.165, 1.54) is 27.0 Å². The van der Waals surface area contributed by atoms with E-state index in [-0.39, 0.29) is 11.7 Å². The summed E-state index contributed by atoms with van der Waals surface area (Å²) >= 11 is 0. The van der Waals surface area contributed by atoms with Gasteiger partial charge in [-0.2, -0.15) is 0 Å². The number of methoxy groups -OCH3 is 1. The first-order chi connectivity index (χ1) is 9.84. The fourth-order valence-electron chi connectivity index (χ4n) is 2.49. The van der Waals surface area contributed by atoms with Gasteiger partial charge in [-0.1, -0.05) is 6.07 Å². The van der Waals surface area contributed by atoms with Crippen molar-refractivity contribution in [3.8, 4) is 5.75 Å². The number of hydrogen-bond acceptors (Lipinski definition) is 4. The number of nitrogens with zero attached hydrogens (tertiary/aromatic N) is 2. The lowest BCUT2D eigenvalue weighted by atomic mass is 10.1. The number of carbonyl (C=O) groups is 1. The molecule has 1 N–H and O–H groups in total. The zero-order valence-corrected chi connectivity index (χ0v) is 12.6. The van der Waals surface area contributed by atoms with Gasteiger partial charge in [0.1, 0.15) is 22.9 Å². The summed E-state index contributed by atoms with van der Waals surface area (Å²) in [5, 5.41) is 9.76. The fourth-order valence-corrected chi connectivity index (χ4v) is 2.49. The summed E-state index contributed by atoms with van der Waals surface area (Å²) in [4.78, 5) is 15.5. The third-order valence-electron chi connectivity index (χ3n) is 3.58. The van der Waals surface area contributed by atoms with E-state index in [4.69, 9.17) is 4.74 Å². The summed E-state index contributed by atoms with van der Waals surface area (Å²) in [6.45, 7) is 4.84. The number of rotatable bonds is 3. The van der Waals surface area contributed by atoms with Crippen molar-refractivity contribution in [1.82, 2.24) is 4.90 Å². The summed E-state index contributed by atoms with van der Waals surface area (Å²) in [5.41, 5.74) is -0.951. The van der Waals surface area contributed by atoms with Crippen molar-refractivity contribution >= 4 is 11.6 Å². The Morgan fingerprint density at radius 2 is 1.90 bits per heavy atom. The second-order valence-electron chi connectivity index (χ2n) is 5.63. The molecule has 0 radical (unpaired) electrons. The first kappa shape index (κ1) is 15.6. The van der Waals surface area contributed by atoms with Crippen LogP contribution in [0.2, 0.25) is 0 Å². The molecule has 0 saturated carbocycles. The minimum Gasteiger partial charge on any atom is -0.494 e. The molecule has 21 heavy (non-hydrogen) atoms. The molecular formula is C15H21FN2O3. The van der Waals surface area contributed by atoms with Crippen molar-refractivity contribution in [3.63, 3.8) is 0 Å². The monoisotopic (exact) mass is 296 g/mol. The summed E-state index contributed by atoms with van der Waals surface area (Å²) in [5.74, 6) is -0.156. The number of amides is 1. The number of halogens is 1. The number of hydrogen-bond donors (Lipinski definition) is 1.